The Hall–Kier alpha value is -0.860. The monoisotopic (exact) mass is 246 g/mol. The lowest BCUT2D eigenvalue weighted by molar-refractivity contribution is 0.170. The van der Waals surface area contributed by atoms with E-state index in [2.05, 4.69) is 42.3 Å². The second-order valence-electron chi connectivity index (χ2n) is 5.52. The zero-order chi connectivity index (χ0) is 12.8. The van der Waals surface area contributed by atoms with E-state index in [1.165, 1.54) is 37.7 Å². The molecule has 1 aliphatic carbocycles. The maximum absolute atomic E-state index is 5.96. The minimum Gasteiger partial charge on any atom is -0.329 e. The fraction of sp³-hybridized carbons (Fsp3) is 0.625. The van der Waals surface area contributed by atoms with Crippen LogP contribution < -0.4 is 5.73 Å². The van der Waals surface area contributed by atoms with Crippen LogP contribution in [0.2, 0.25) is 0 Å². The minimum absolute atomic E-state index is 0.535. The minimum atomic E-state index is 0.535. The quantitative estimate of drug-likeness (QED) is 0.836. The second-order valence-corrected chi connectivity index (χ2v) is 5.52. The lowest BCUT2D eigenvalue weighted by Gasteiger charge is -2.32. The summed E-state index contributed by atoms with van der Waals surface area (Å²) in [6, 6.07) is 12.0. The summed E-state index contributed by atoms with van der Waals surface area (Å²) in [6.07, 6.45) is 7.82. The summed E-state index contributed by atoms with van der Waals surface area (Å²) < 4.78 is 0. The molecule has 0 aromatic heterocycles. The number of likely N-dealkylation sites (N-methyl/N-ethyl adjacent to an activating group) is 1. The average Bonchev–Trinajstić information content (AvgIpc) is 2.94. The highest BCUT2D eigenvalue weighted by Gasteiger charge is 2.24. The zero-order valence-corrected chi connectivity index (χ0v) is 11.5. The van der Waals surface area contributed by atoms with Crippen molar-refractivity contribution in [2.24, 2.45) is 5.73 Å². The first-order valence-corrected chi connectivity index (χ1v) is 7.27. The van der Waals surface area contributed by atoms with Gasteiger partial charge in [-0.05, 0) is 38.3 Å². The van der Waals surface area contributed by atoms with E-state index >= 15 is 0 Å². The standard InChI is InChI=1S/C16H26N2/c1-18(15-9-5-6-10-15)16(13-17)12-11-14-7-3-2-4-8-14/h2-4,7-8,15-16H,5-6,9-13,17H2,1H3. The third-order valence-corrected chi connectivity index (χ3v) is 4.36. The van der Waals surface area contributed by atoms with E-state index in [0.717, 1.165) is 19.0 Å². The van der Waals surface area contributed by atoms with E-state index in [4.69, 9.17) is 5.73 Å². The van der Waals surface area contributed by atoms with Gasteiger partial charge in [0.15, 0.2) is 0 Å². The molecule has 1 aromatic carbocycles. The van der Waals surface area contributed by atoms with Gasteiger partial charge in [0, 0.05) is 18.6 Å². The molecule has 1 aromatic rings. The highest BCUT2D eigenvalue weighted by atomic mass is 15.2. The summed E-state index contributed by atoms with van der Waals surface area (Å²) in [5.41, 5.74) is 7.39. The van der Waals surface area contributed by atoms with E-state index < -0.39 is 0 Å². The van der Waals surface area contributed by atoms with Gasteiger partial charge in [-0.1, -0.05) is 43.2 Å². The first-order valence-electron chi connectivity index (χ1n) is 7.27. The van der Waals surface area contributed by atoms with E-state index in [9.17, 15) is 0 Å². The van der Waals surface area contributed by atoms with Crippen molar-refractivity contribution in [3.63, 3.8) is 0 Å². The Morgan fingerprint density at radius 2 is 1.89 bits per heavy atom. The lowest BCUT2D eigenvalue weighted by Crippen LogP contribution is -2.43. The molecule has 0 amide bonds. The molecule has 1 aliphatic rings. The fourth-order valence-electron chi connectivity index (χ4n) is 3.08. The maximum atomic E-state index is 5.96. The molecular formula is C16H26N2. The summed E-state index contributed by atoms with van der Waals surface area (Å²) in [7, 11) is 2.26. The fourth-order valence-corrected chi connectivity index (χ4v) is 3.08. The average molecular weight is 246 g/mol. The van der Waals surface area contributed by atoms with Crippen LogP contribution in [-0.2, 0) is 6.42 Å². The highest BCUT2D eigenvalue weighted by Crippen LogP contribution is 2.24. The third-order valence-electron chi connectivity index (χ3n) is 4.36. The number of hydrogen-bond acceptors (Lipinski definition) is 2. The summed E-state index contributed by atoms with van der Waals surface area (Å²) in [5, 5.41) is 0. The molecule has 0 bridgehead atoms. The van der Waals surface area contributed by atoms with Gasteiger partial charge in [-0.25, -0.2) is 0 Å². The van der Waals surface area contributed by atoms with Gasteiger partial charge in [0.05, 0.1) is 0 Å². The van der Waals surface area contributed by atoms with Crippen LogP contribution in [0, 0.1) is 0 Å². The molecule has 18 heavy (non-hydrogen) atoms. The molecule has 0 radical (unpaired) electrons. The van der Waals surface area contributed by atoms with Crippen molar-refractivity contribution >= 4 is 0 Å². The molecule has 1 saturated carbocycles. The van der Waals surface area contributed by atoms with Crippen molar-refractivity contribution in [2.45, 2.75) is 50.6 Å². The SMILES string of the molecule is CN(C(CN)CCc1ccccc1)C1CCCC1. The van der Waals surface area contributed by atoms with Gasteiger partial charge in [0.1, 0.15) is 0 Å². The summed E-state index contributed by atoms with van der Waals surface area (Å²) in [6.45, 7) is 0.778. The smallest absolute Gasteiger partial charge is 0.0221 e. The first-order chi connectivity index (χ1) is 8.81. The van der Waals surface area contributed by atoms with Crippen LogP contribution in [0.4, 0.5) is 0 Å². The molecule has 1 atom stereocenters. The van der Waals surface area contributed by atoms with Crippen LogP contribution in [0.15, 0.2) is 30.3 Å². The number of aryl methyl sites for hydroxylation is 1. The van der Waals surface area contributed by atoms with Gasteiger partial charge in [-0.2, -0.15) is 0 Å². The van der Waals surface area contributed by atoms with Crippen LogP contribution in [0.25, 0.3) is 0 Å². The van der Waals surface area contributed by atoms with Gasteiger partial charge in [-0.3, -0.25) is 4.90 Å². The van der Waals surface area contributed by atoms with Crippen LogP contribution in [0.1, 0.15) is 37.7 Å². The summed E-state index contributed by atoms with van der Waals surface area (Å²) in [5.74, 6) is 0. The van der Waals surface area contributed by atoms with Crippen molar-refractivity contribution in [1.82, 2.24) is 4.90 Å². The molecule has 0 heterocycles. The largest absolute Gasteiger partial charge is 0.329 e. The number of benzene rings is 1. The predicted octanol–water partition coefficient (Wildman–Crippen LogP) is 2.82. The van der Waals surface area contributed by atoms with Crippen molar-refractivity contribution in [3.05, 3.63) is 35.9 Å². The summed E-state index contributed by atoms with van der Waals surface area (Å²) >= 11 is 0. The Morgan fingerprint density at radius 3 is 2.50 bits per heavy atom. The molecule has 2 heteroatoms. The van der Waals surface area contributed by atoms with Crippen LogP contribution in [0.3, 0.4) is 0 Å². The Morgan fingerprint density at radius 1 is 1.22 bits per heavy atom. The van der Waals surface area contributed by atoms with E-state index in [1.54, 1.807) is 0 Å². The van der Waals surface area contributed by atoms with E-state index in [-0.39, 0.29) is 0 Å². The third kappa shape index (κ3) is 3.56. The first kappa shape index (κ1) is 13.6. The van der Waals surface area contributed by atoms with E-state index in [0.29, 0.717) is 6.04 Å². The lowest BCUT2D eigenvalue weighted by atomic mass is 10.0. The Balaban J connectivity index is 1.84. The van der Waals surface area contributed by atoms with Gasteiger partial charge >= 0.3 is 0 Å². The number of nitrogens with zero attached hydrogens (tertiary/aromatic N) is 1. The highest BCUT2D eigenvalue weighted by molar-refractivity contribution is 5.14. The van der Waals surface area contributed by atoms with Crippen molar-refractivity contribution < 1.29 is 0 Å². The van der Waals surface area contributed by atoms with Gasteiger partial charge in [0.2, 0.25) is 0 Å². The molecule has 2 N–H and O–H groups in total. The van der Waals surface area contributed by atoms with Crippen molar-refractivity contribution in [2.75, 3.05) is 13.6 Å². The molecule has 2 rings (SSSR count). The molecule has 0 aliphatic heterocycles. The topological polar surface area (TPSA) is 29.3 Å². The molecule has 2 nitrogen and oxygen atoms in total. The van der Waals surface area contributed by atoms with Crippen LogP contribution in [-0.4, -0.2) is 30.6 Å². The van der Waals surface area contributed by atoms with Crippen molar-refractivity contribution in [3.8, 4) is 0 Å². The number of nitrogens with two attached hydrogens (primary N) is 1. The van der Waals surface area contributed by atoms with Gasteiger partial charge < -0.3 is 5.73 Å². The zero-order valence-electron chi connectivity index (χ0n) is 11.5. The van der Waals surface area contributed by atoms with Gasteiger partial charge in [0.25, 0.3) is 0 Å². The van der Waals surface area contributed by atoms with Gasteiger partial charge in [-0.15, -0.1) is 0 Å². The molecular weight excluding hydrogens is 220 g/mol. The number of hydrogen-bond donors (Lipinski definition) is 1. The number of rotatable bonds is 6. The van der Waals surface area contributed by atoms with Crippen LogP contribution in [0.5, 0.6) is 0 Å². The van der Waals surface area contributed by atoms with Crippen LogP contribution >= 0.6 is 0 Å². The second kappa shape index (κ2) is 6.91. The Kier molecular flexibility index (Phi) is 5.21. The molecule has 0 spiro atoms. The normalized spacial score (nSPS) is 18.4. The molecule has 1 fully saturated rings. The molecule has 1 unspecified atom stereocenters. The van der Waals surface area contributed by atoms with E-state index in [1.807, 2.05) is 0 Å². The Labute approximate surface area is 111 Å². The molecule has 0 saturated heterocycles. The summed E-state index contributed by atoms with van der Waals surface area (Å²) in [4.78, 5) is 2.54. The molecule has 100 valence electrons. The Bertz CT molecular complexity index is 330. The predicted molar refractivity (Wildman–Crippen MR) is 77.6 cm³/mol. The maximum Gasteiger partial charge on any atom is 0.0221 e. The van der Waals surface area contributed by atoms with Crippen molar-refractivity contribution in [1.29, 1.82) is 0 Å².